The Labute approximate surface area is 194 Å². The minimum absolute atomic E-state index is 0. The number of nitrogens with two attached hydrogens (primary N) is 2. The molecule has 0 heterocycles. The van der Waals surface area contributed by atoms with Gasteiger partial charge >= 0.3 is 68.5 Å². The van der Waals surface area contributed by atoms with E-state index in [0.717, 1.165) is 47.2 Å². The Hall–Kier alpha value is -0.0842. The second-order valence-corrected chi connectivity index (χ2v) is 2.90. The van der Waals surface area contributed by atoms with Gasteiger partial charge in [-0.25, -0.2) is 0 Å². The van der Waals surface area contributed by atoms with Crippen molar-refractivity contribution in [3.63, 3.8) is 0 Å². The van der Waals surface area contributed by atoms with Gasteiger partial charge in [0.05, 0.1) is 0 Å². The van der Waals surface area contributed by atoms with Crippen LogP contribution in [0.3, 0.4) is 0 Å². The number of carboxylic acid groups (broad SMARTS) is 4. The molecular formula is C11H24FeKN2O9. The Morgan fingerprint density at radius 1 is 0.667 bits per heavy atom. The Balaban J connectivity index is -0.0000000216. The SMILES string of the molecule is CC(=O)[O-].CC(=O)[O-].CC(=O)[O-].CC(=O)[O-].NCCCN.O.[Fe+3].[K+]. The normalized spacial score (nSPS) is 5.92. The van der Waals surface area contributed by atoms with Crippen molar-refractivity contribution < 1.29 is 114 Å². The van der Waals surface area contributed by atoms with Crippen molar-refractivity contribution in [1.29, 1.82) is 0 Å². The van der Waals surface area contributed by atoms with Crippen LogP contribution < -0.4 is 83.3 Å². The summed E-state index contributed by atoms with van der Waals surface area (Å²) in [4.78, 5) is 35.6. The maximum Gasteiger partial charge on any atom is 3.00 e. The number of rotatable bonds is 2. The van der Waals surface area contributed by atoms with Crippen LogP contribution in [-0.4, -0.2) is 42.4 Å². The van der Waals surface area contributed by atoms with Crippen molar-refractivity contribution in [1.82, 2.24) is 0 Å². The summed E-state index contributed by atoms with van der Waals surface area (Å²) in [6.07, 6.45) is 0.944. The molecule has 0 aliphatic heterocycles. The molecule has 0 fully saturated rings. The second kappa shape index (κ2) is 49.5. The van der Waals surface area contributed by atoms with Crippen LogP contribution >= 0.6 is 0 Å². The summed E-state index contributed by atoms with van der Waals surface area (Å²) in [5.41, 5.74) is 10.1. The number of carbonyl (C=O) groups is 4. The molecule has 0 saturated heterocycles. The maximum atomic E-state index is 8.89. The third-order valence-electron chi connectivity index (χ3n) is 0.408. The molecule has 0 rings (SSSR count). The van der Waals surface area contributed by atoms with Crippen LogP contribution in [0.25, 0.3) is 0 Å². The molecule has 0 saturated carbocycles. The zero-order chi connectivity index (χ0) is 18.4. The van der Waals surface area contributed by atoms with Gasteiger partial charge < -0.3 is 56.5 Å². The first-order chi connectivity index (χ1) is 9.34. The molecule has 0 aromatic rings. The molecule has 0 amide bonds. The smallest absolute Gasteiger partial charge is 0.550 e. The van der Waals surface area contributed by atoms with Crippen molar-refractivity contribution in [2.75, 3.05) is 13.1 Å². The van der Waals surface area contributed by atoms with Crippen LogP contribution in [0.2, 0.25) is 0 Å². The van der Waals surface area contributed by atoms with Gasteiger partial charge in [0.2, 0.25) is 0 Å². The maximum absolute atomic E-state index is 8.89. The second-order valence-electron chi connectivity index (χ2n) is 2.90. The van der Waals surface area contributed by atoms with Crippen molar-refractivity contribution >= 4 is 23.9 Å². The van der Waals surface area contributed by atoms with Crippen LogP contribution in [0.4, 0.5) is 0 Å². The van der Waals surface area contributed by atoms with E-state index in [-0.39, 0.29) is 73.9 Å². The fourth-order valence-electron chi connectivity index (χ4n) is 0.118. The molecule has 24 heavy (non-hydrogen) atoms. The third kappa shape index (κ3) is 2610. The van der Waals surface area contributed by atoms with Crippen LogP contribution in [0, 0.1) is 0 Å². The van der Waals surface area contributed by atoms with Gasteiger partial charge in [-0.1, -0.05) is 0 Å². The van der Waals surface area contributed by atoms with Gasteiger partial charge in [0.1, 0.15) is 0 Å². The standard InChI is InChI=1S/C3H10N2.4C2H4O2.Fe.K.H2O/c4-2-1-3-5;4*1-2(3)4;;;/h1-5H2;4*1H3,(H,3,4);;;1H2/q;;;;;+3;+1;/p-4. The molecular weight excluding hydrogens is 399 g/mol. The Kier molecular flexibility index (Phi) is 102. The Morgan fingerprint density at radius 3 is 0.750 bits per heavy atom. The van der Waals surface area contributed by atoms with E-state index >= 15 is 0 Å². The van der Waals surface area contributed by atoms with E-state index in [0.29, 0.717) is 0 Å². The van der Waals surface area contributed by atoms with Crippen molar-refractivity contribution in [2.24, 2.45) is 11.5 Å². The van der Waals surface area contributed by atoms with E-state index < -0.39 is 23.9 Å². The van der Waals surface area contributed by atoms with Crippen molar-refractivity contribution in [3.8, 4) is 0 Å². The molecule has 0 aromatic carbocycles. The van der Waals surface area contributed by atoms with Gasteiger partial charge in [-0.3, -0.25) is 0 Å². The average Bonchev–Trinajstić information content (AvgIpc) is 2.14. The molecule has 0 unspecified atom stereocenters. The van der Waals surface area contributed by atoms with Crippen molar-refractivity contribution in [2.45, 2.75) is 34.1 Å². The summed E-state index contributed by atoms with van der Waals surface area (Å²) < 4.78 is 0. The van der Waals surface area contributed by atoms with E-state index in [4.69, 9.17) is 51.1 Å². The number of hydrogen-bond acceptors (Lipinski definition) is 10. The van der Waals surface area contributed by atoms with Gasteiger partial charge in [0.15, 0.2) is 0 Å². The van der Waals surface area contributed by atoms with Crippen LogP contribution in [0.5, 0.6) is 0 Å². The molecule has 141 valence electrons. The molecule has 13 heteroatoms. The average molecular weight is 423 g/mol. The zero-order valence-corrected chi connectivity index (χ0v) is 18.6. The summed E-state index contributed by atoms with van der Waals surface area (Å²) in [5.74, 6) is -4.33. The van der Waals surface area contributed by atoms with E-state index in [1.807, 2.05) is 0 Å². The predicted molar refractivity (Wildman–Crippen MR) is 69.1 cm³/mol. The van der Waals surface area contributed by atoms with Crippen molar-refractivity contribution in [3.05, 3.63) is 0 Å². The predicted octanol–water partition coefficient (Wildman–Crippen LogP) is -9.50. The number of carboxylic acids is 4. The number of carbonyl (C=O) groups excluding carboxylic acids is 4. The van der Waals surface area contributed by atoms with E-state index in [2.05, 4.69) is 0 Å². The minimum atomic E-state index is -1.08. The van der Waals surface area contributed by atoms with Crippen LogP contribution in [0.15, 0.2) is 0 Å². The molecule has 0 aliphatic rings. The topological polar surface area (TPSA) is 244 Å². The summed E-state index contributed by atoms with van der Waals surface area (Å²) in [6, 6.07) is 0. The molecule has 0 aromatic heterocycles. The Bertz CT molecular complexity index is 216. The van der Waals surface area contributed by atoms with Gasteiger partial charge in [0.25, 0.3) is 0 Å². The zero-order valence-electron chi connectivity index (χ0n) is 14.4. The quantitative estimate of drug-likeness (QED) is 0.397. The molecule has 11 nitrogen and oxygen atoms in total. The van der Waals surface area contributed by atoms with Gasteiger partial charge in [-0.2, -0.15) is 0 Å². The van der Waals surface area contributed by atoms with Gasteiger partial charge in [-0.15, -0.1) is 0 Å². The first-order valence-electron chi connectivity index (χ1n) is 5.45. The molecule has 1 radical (unpaired) electrons. The summed E-state index contributed by atoms with van der Waals surface area (Å²) in [6.45, 7) is 5.33. The fourth-order valence-corrected chi connectivity index (χ4v) is 0.118. The van der Waals surface area contributed by atoms with E-state index in [1.165, 1.54) is 0 Å². The van der Waals surface area contributed by atoms with Crippen LogP contribution in [0.1, 0.15) is 34.1 Å². The molecule has 6 N–H and O–H groups in total. The van der Waals surface area contributed by atoms with Gasteiger partial charge in [-0.05, 0) is 47.2 Å². The molecule has 0 aliphatic carbocycles. The summed E-state index contributed by atoms with van der Waals surface area (Å²) in [5, 5.41) is 35.6. The summed E-state index contributed by atoms with van der Waals surface area (Å²) in [7, 11) is 0. The fraction of sp³-hybridized carbons (Fsp3) is 0.636. The van der Waals surface area contributed by atoms with Crippen LogP contribution in [-0.2, 0) is 36.2 Å². The Morgan fingerprint density at radius 2 is 0.750 bits per heavy atom. The molecule has 0 bridgehead atoms. The third-order valence-corrected chi connectivity index (χ3v) is 0.408. The molecule has 0 atom stereocenters. The van der Waals surface area contributed by atoms with E-state index in [9.17, 15) is 0 Å². The van der Waals surface area contributed by atoms with E-state index in [1.54, 1.807) is 0 Å². The monoisotopic (exact) mass is 423 g/mol. The first-order valence-corrected chi connectivity index (χ1v) is 5.45. The largest absolute Gasteiger partial charge is 3.00 e. The minimum Gasteiger partial charge on any atom is -0.550 e. The molecule has 0 spiro atoms. The number of hydrogen-bond donors (Lipinski definition) is 2. The number of aliphatic carboxylic acids is 4. The summed E-state index contributed by atoms with van der Waals surface area (Å²) >= 11 is 0. The first kappa shape index (κ1) is 49.6. The van der Waals surface area contributed by atoms with Gasteiger partial charge in [0, 0.05) is 23.9 Å².